The molecule has 0 aliphatic heterocycles. The van der Waals surface area contributed by atoms with E-state index in [1.807, 2.05) is 19.9 Å². The summed E-state index contributed by atoms with van der Waals surface area (Å²) in [5, 5.41) is 11.6. The van der Waals surface area contributed by atoms with Gasteiger partial charge in [0.2, 0.25) is 0 Å². The van der Waals surface area contributed by atoms with Crippen molar-refractivity contribution in [1.82, 2.24) is 0 Å². The number of Topliss-reactive ketones (excluding diaryl/α,β-unsaturated/α-hetero) is 1. The fraction of sp³-hybridized carbons (Fsp3) is 0.696. The maximum absolute atomic E-state index is 12.4. The minimum atomic E-state index is -0.349. The highest BCUT2D eigenvalue weighted by Crippen LogP contribution is 2.60. The quantitative estimate of drug-likeness (QED) is 0.389. The van der Waals surface area contributed by atoms with Gasteiger partial charge >= 0.3 is 5.69 Å². The van der Waals surface area contributed by atoms with Crippen LogP contribution in [0.1, 0.15) is 69.9 Å². The molecule has 0 N–H and O–H groups in total. The number of nitrogens with zero attached hydrogens (tertiary/aromatic N) is 1. The average Bonchev–Trinajstić information content (AvgIpc) is 3.03. The maximum atomic E-state index is 12.4. The van der Waals surface area contributed by atoms with Gasteiger partial charge < -0.3 is 9.47 Å². The van der Waals surface area contributed by atoms with Gasteiger partial charge in [-0.2, -0.15) is 0 Å². The van der Waals surface area contributed by atoms with Crippen molar-refractivity contribution in [3.8, 4) is 5.75 Å². The fourth-order valence-electron chi connectivity index (χ4n) is 5.85. The van der Waals surface area contributed by atoms with Crippen molar-refractivity contribution in [3.63, 3.8) is 0 Å². The predicted octanol–water partition coefficient (Wildman–Crippen LogP) is 5.07. The lowest BCUT2D eigenvalue weighted by atomic mass is 9.55. The zero-order valence-corrected chi connectivity index (χ0v) is 18.0. The average molecular weight is 404 g/mol. The number of benzene rings is 1. The zero-order valence-electron chi connectivity index (χ0n) is 18.0. The number of methoxy groups -OCH3 is 1. The summed E-state index contributed by atoms with van der Waals surface area (Å²) in [5.41, 5.74) is 2.15. The SMILES string of the molecule is CC.COCCOc1cc2c(cc1[N+](=O)[O-])C1CC[C@]3(C)C(=O)CCC3C1CC2. The van der Waals surface area contributed by atoms with Gasteiger partial charge in [0.15, 0.2) is 5.75 Å². The van der Waals surface area contributed by atoms with Crippen molar-refractivity contribution >= 4 is 11.5 Å². The predicted molar refractivity (Wildman–Crippen MR) is 111 cm³/mol. The summed E-state index contributed by atoms with van der Waals surface area (Å²) in [4.78, 5) is 23.7. The van der Waals surface area contributed by atoms with Crippen LogP contribution >= 0.6 is 0 Å². The van der Waals surface area contributed by atoms with Crippen molar-refractivity contribution in [1.29, 1.82) is 0 Å². The molecule has 29 heavy (non-hydrogen) atoms. The molecular weight excluding hydrogens is 370 g/mol. The number of hydrogen-bond donors (Lipinski definition) is 0. The molecule has 6 heteroatoms. The van der Waals surface area contributed by atoms with Gasteiger partial charge in [0.05, 0.1) is 11.5 Å². The molecule has 6 nitrogen and oxygen atoms in total. The lowest BCUT2D eigenvalue weighted by Crippen LogP contribution is -2.42. The van der Waals surface area contributed by atoms with Gasteiger partial charge in [0, 0.05) is 25.0 Å². The maximum Gasteiger partial charge on any atom is 0.311 e. The van der Waals surface area contributed by atoms with Gasteiger partial charge in [-0.05, 0) is 67.1 Å². The molecule has 4 rings (SSSR count). The van der Waals surface area contributed by atoms with Crippen molar-refractivity contribution in [3.05, 3.63) is 33.4 Å². The largest absolute Gasteiger partial charge is 0.484 e. The summed E-state index contributed by atoms with van der Waals surface area (Å²) < 4.78 is 10.6. The molecule has 2 fully saturated rings. The standard InChI is InChI=1S/C21H27NO5.C2H6/c1-21-8-7-14-15(17(21)5-6-20(21)23)4-3-13-11-19(27-10-9-26-2)18(22(24)25)12-16(13)14;1-2/h11-12,14-15,17H,3-10H2,1-2H3;1-2H3/t14?,15?,17?,21-;/m0./s1. The molecular formula is C23H33NO5. The molecule has 0 saturated heterocycles. The number of ether oxygens (including phenoxy) is 2. The number of nitro benzene ring substituents is 1. The number of nitro groups is 1. The van der Waals surface area contributed by atoms with E-state index in [0.717, 1.165) is 37.7 Å². The normalized spacial score (nSPS) is 29.8. The molecule has 3 unspecified atom stereocenters. The van der Waals surface area contributed by atoms with E-state index < -0.39 is 0 Å². The van der Waals surface area contributed by atoms with Crippen LogP contribution in [0.2, 0.25) is 0 Å². The summed E-state index contributed by atoms with van der Waals surface area (Å²) in [6.45, 7) is 6.84. The van der Waals surface area contributed by atoms with Crippen LogP contribution in [0.3, 0.4) is 0 Å². The molecule has 4 atom stereocenters. The Morgan fingerprint density at radius 1 is 1.17 bits per heavy atom. The highest BCUT2D eigenvalue weighted by molar-refractivity contribution is 5.87. The zero-order chi connectivity index (χ0) is 21.2. The first kappa shape index (κ1) is 21.8. The Bertz CT molecular complexity index is 777. The highest BCUT2D eigenvalue weighted by Gasteiger charge is 2.54. The Labute approximate surface area is 173 Å². The van der Waals surface area contributed by atoms with Crippen molar-refractivity contribution < 1.29 is 19.2 Å². The Kier molecular flexibility index (Phi) is 6.62. The molecule has 2 saturated carbocycles. The van der Waals surface area contributed by atoms with Crippen LogP contribution in [0.5, 0.6) is 5.75 Å². The molecule has 0 heterocycles. The minimum absolute atomic E-state index is 0.0429. The van der Waals surface area contributed by atoms with E-state index in [2.05, 4.69) is 6.92 Å². The Morgan fingerprint density at radius 3 is 2.62 bits per heavy atom. The van der Waals surface area contributed by atoms with Gasteiger partial charge in [-0.3, -0.25) is 14.9 Å². The molecule has 3 aliphatic rings. The summed E-state index contributed by atoms with van der Waals surface area (Å²) in [7, 11) is 1.58. The van der Waals surface area contributed by atoms with Crippen LogP contribution in [0.4, 0.5) is 5.69 Å². The molecule has 0 radical (unpaired) electrons. The number of fused-ring (bicyclic) bond motifs is 5. The van der Waals surface area contributed by atoms with E-state index in [4.69, 9.17) is 9.47 Å². The Balaban J connectivity index is 0.00000117. The van der Waals surface area contributed by atoms with E-state index in [1.54, 1.807) is 13.2 Å². The fourth-order valence-corrected chi connectivity index (χ4v) is 5.85. The Morgan fingerprint density at radius 2 is 1.93 bits per heavy atom. The number of carbonyl (C=O) groups is 1. The van der Waals surface area contributed by atoms with E-state index in [-0.39, 0.29) is 16.0 Å². The molecule has 0 amide bonds. The summed E-state index contributed by atoms with van der Waals surface area (Å²) in [5.74, 6) is 1.97. The lowest BCUT2D eigenvalue weighted by molar-refractivity contribution is -0.386. The van der Waals surface area contributed by atoms with E-state index in [9.17, 15) is 14.9 Å². The van der Waals surface area contributed by atoms with Crippen LogP contribution in [0.25, 0.3) is 0 Å². The molecule has 1 aromatic carbocycles. The first-order chi connectivity index (χ1) is 14.0. The molecule has 1 aromatic rings. The monoisotopic (exact) mass is 403 g/mol. The molecule has 0 aromatic heterocycles. The van der Waals surface area contributed by atoms with Crippen molar-refractivity contribution in [2.75, 3.05) is 20.3 Å². The first-order valence-corrected chi connectivity index (χ1v) is 10.9. The van der Waals surface area contributed by atoms with E-state index in [0.29, 0.717) is 48.9 Å². The smallest absolute Gasteiger partial charge is 0.311 e. The van der Waals surface area contributed by atoms with Crippen molar-refractivity contribution in [2.45, 2.75) is 65.2 Å². The third kappa shape index (κ3) is 3.79. The number of rotatable bonds is 5. The van der Waals surface area contributed by atoms with Gasteiger partial charge in [0.1, 0.15) is 12.4 Å². The lowest BCUT2D eigenvalue weighted by Gasteiger charge is -2.48. The molecule has 160 valence electrons. The third-order valence-corrected chi connectivity index (χ3v) is 7.26. The third-order valence-electron chi connectivity index (χ3n) is 7.26. The number of hydrogen-bond acceptors (Lipinski definition) is 5. The summed E-state index contributed by atoms with van der Waals surface area (Å²) >= 11 is 0. The van der Waals surface area contributed by atoms with Crippen LogP contribution in [-0.4, -0.2) is 31.0 Å². The number of aryl methyl sites for hydroxylation is 1. The highest BCUT2D eigenvalue weighted by atomic mass is 16.6. The van der Waals surface area contributed by atoms with E-state index >= 15 is 0 Å². The molecule has 0 spiro atoms. The topological polar surface area (TPSA) is 78.7 Å². The second-order valence-corrected chi connectivity index (χ2v) is 8.45. The van der Waals surface area contributed by atoms with Crippen molar-refractivity contribution in [2.24, 2.45) is 17.3 Å². The first-order valence-electron chi connectivity index (χ1n) is 10.9. The van der Waals surface area contributed by atoms with Crippen LogP contribution < -0.4 is 4.74 Å². The molecule has 3 aliphatic carbocycles. The Hall–Kier alpha value is -1.95. The second-order valence-electron chi connectivity index (χ2n) is 8.45. The summed E-state index contributed by atoms with van der Waals surface area (Å²) in [6.07, 6.45) is 5.47. The van der Waals surface area contributed by atoms with Crippen LogP contribution in [0, 0.1) is 27.4 Å². The van der Waals surface area contributed by atoms with Gasteiger partial charge in [-0.25, -0.2) is 0 Å². The van der Waals surface area contributed by atoms with Gasteiger partial charge in [-0.15, -0.1) is 0 Å². The van der Waals surface area contributed by atoms with Crippen LogP contribution in [-0.2, 0) is 16.0 Å². The summed E-state index contributed by atoms with van der Waals surface area (Å²) in [6, 6.07) is 3.61. The second kappa shape index (κ2) is 8.82. The van der Waals surface area contributed by atoms with Crippen LogP contribution in [0.15, 0.2) is 12.1 Å². The number of ketones is 1. The number of carbonyl (C=O) groups excluding carboxylic acids is 1. The minimum Gasteiger partial charge on any atom is -0.484 e. The van der Waals surface area contributed by atoms with Gasteiger partial charge in [0.25, 0.3) is 0 Å². The van der Waals surface area contributed by atoms with E-state index in [1.165, 1.54) is 5.56 Å². The molecule has 0 bridgehead atoms. The van der Waals surface area contributed by atoms with Gasteiger partial charge in [-0.1, -0.05) is 20.8 Å².